The molecule has 1 fully saturated rings. The summed E-state index contributed by atoms with van der Waals surface area (Å²) >= 11 is 0. The van der Waals surface area contributed by atoms with Gasteiger partial charge in [0.2, 0.25) is 5.91 Å². The summed E-state index contributed by atoms with van der Waals surface area (Å²) in [4.78, 5) is 13.8. The molecular formula is C25H30N2O2. The van der Waals surface area contributed by atoms with Gasteiger partial charge in [0.05, 0.1) is 12.7 Å². The third-order valence-electron chi connectivity index (χ3n) is 6.19. The van der Waals surface area contributed by atoms with Crippen LogP contribution in [0.5, 0.6) is 0 Å². The van der Waals surface area contributed by atoms with Crippen LogP contribution in [-0.4, -0.2) is 36.6 Å². The summed E-state index contributed by atoms with van der Waals surface area (Å²) in [5, 5.41) is 2.83. The minimum atomic E-state index is -0.0369. The summed E-state index contributed by atoms with van der Waals surface area (Å²) in [5.74, 6) is -0.0369. The second-order valence-electron chi connectivity index (χ2n) is 8.37. The molecule has 0 aromatic heterocycles. The molecule has 4 nitrogen and oxygen atoms in total. The molecule has 2 atom stereocenters. The van der Waals surface area contributed by atoms with Gasteiger partial charge in [-0.2, -0.15) is 0 Å². The van der Waals surface area contributed by atoms with Gasteiger partial charge in [-0.05, 0) is 49.1 Å². The van der Waals surface area contributed by atoms with Gasteiger partial charge in [0, 0.05) is 31.1 Å². The van der Waals surface area contributed by atoms with Crippen molar-refractivity contribution in [3.05, 3.63) is 77.9 Å². The Morgan fingerprint density at radius 1 is 1.14 bits per heavy atom. The van der Waals surface area contributed by atoms with E-state index >= 15 is 0 Å². The first-order valence-electron chi connectivity index (χ1n) is 10.5. The molecule has 2 aromatic rings. The van der Waals surface area contributed by atoms with Crippen LogP contribution in [0.1, 0.15) is 30.9 Å². The highest BCUT2D eigenvalue weighted by Crippen LogP contribution is 2.42. The number of carbonyl (C=O) groups excluding carboxylic acids is 1. The Bertz CT molecular complexity index is 847. The fourth-order valence-corrected chi connectivity index (χ4v) is 4.67. The lowest BCUT2D eigenvalue weighted by Gasteiger charge is -2.34. The van der Waals surface area contributed by atoms with Crippen LogP contribution < -0.4 is 5.32 Å². The van der Waals surface area contributed by atoms with Crippen LogP contribution in [-0.2, 0) is 22.5 Å². The molecule has 0 radical (unpaired) electrons. The molecule has 29 heavy (non-hydrogen) atoms. The van der Waals surface area contributed by atoms with Crippen LogP contribution in [0.4, 0.5) is 5.69 Å². The Labute approximate surface area is 173 Å². The molecule has 0 unspecified atom stereocenters. The van der Waals surface area contributed by atoms with E-state index in [0.717, 1.165) is 44.8 Å². The number of hydrogen-bond donors (Lipinski definition) is 1. The van der Waals surface area contributed by atoms with E-state index in [1.54, 1.807) is 0 Å². The monoisotopic (exact) mass is 390 g/mol. The first kappa shape index (κ1) is 19.9. The maximum absolute atomic E-state index is 11.2. The third-order valence-corrected chi connectivity index (χ3v) is 6.19. The number of rotatable bonds is 7. The maximum atomic E-state index is 11.2. The number of nitrogens with one attached hydrogen (secondary N) is 1. The van der Waals surface area contributed by atoms with Gasteiger partial charge < -0.3 is 10.1 Å². The van der Waals surface area contributed by atoms with E-state index in [2.05, 4.69) is 64.8 Å². The van der Waals surface area contributed by atoms with Crippen LogP contribution in [0, 0.1) is 5.41 Å². The van der Waals surface area contributed by atoms with Crippen molar-refractivity contribution in [1.29, 1.82) is 0 Å². The Kier molecular flexibility index (Phi) is 6.12. The summed E-state index contributed by atoms with van der Waals surface area (Å²) in [6.45, 7) is 5.36. The highest BCUT2D eigenvalue weighted by Gasteiger charge is 2.44. The number of aryl methyl sites for hydroxylation is 1. The smallest absolute Gasteiger partial charge is 0.221 e. The molecule has 4 heteroatoms. The molecule has 0 aliphatic carbocycles. The van der Waals surface area contributed by atoms with Crippen molar-refractivity contribution in [2.45, 2.75) is 38.8 Å². The number of nitrogens with zero attached hydrogens (tertiary/aromatic N) is 1. The molecule has 1 saturated heterocycles. The zero-order valence-electron chi connectivity index (χ0n) is 17.1. The molecule has 1 N–H and O–H groups in total. The SMILES string of the molecule is CC(=O)Nc1ccc(CN2CC[C@](CCc3ccccc3)([C@H]3C=CCO3)C2)cc1. The van der Waals surface area contributed by atoms with E-state index in [1.807, 2.05) is 12.1 Å². The van der Waals surface area contributed by atoms with Crippen LogP contribution >= 0.6 is 0 Å². The number of benzene rings is 2. The van der Waals surface area contributed by atoms with Crippen LogP contribution in [0.15, 0.2) is 66.7 Å². The second-order valence-corrected chi connectivity index (χ2v) is 8.37. The highest BCUT2D eigenvalue weighted by molar-refractivity contribution is 5.88. The summed E-state index contributed by atoms with van der Waals surface area (Å²) in [7, 11) is 0. The topological polar surface area (TPSA) is 41.6 Å². The summed E-state index contributed by atoms with van der Waals surface area (Å²) in [5.41, 5.74) is 3.71. The van der Waals surface area contributed by atoms with Crippen molar-refractivity contribution in [2.24, 2.45) is 5.41 Å². The number of hydrogen-bond acceptors (Lipinski definition) is 3. The molecule has 0 saturated carbocycles. The Morgan fingerprint density at radius 2 is 1.93 bits per heavy atom. The molecule has 152 valence electrons. The molecule has 2 aliphatic heterocycles. The quantitative estimate of drug-likeness (QED) is 0.712. The zero-order valence-corrected chi connectivity index (χ0v) is 17.1. The van der Waals surface area contributed by atoms with Gasteiger partial charge in [-0.1, -0.05) is 54.6 Å². The summed E-state index contributed by atoms with van der Waals surface area (Å²) in [6, 6.07) is 19.0. The van der Waals surface area contributed by atoms with Crippen LogP contribution in [0.3, 0.4) is 0 Å². The highest BCUT2D eigenvalue weighted by atomic mass is 16.5. The van der Waals surface area contributed by atoms with Crippen LogP contribution in [0.25, 0.3) is 0 Å². The number of carbonyl (C=O) groups is 1. The molecular weight excluding hydrogens is 360 g/mol. The minimum Gasteiger partial charge on any atom is -0.369 e. The first-order chi connectivity index (χ1) is 14.1. The molecule has 0 spiro atoms. The van der Waals surface area contributed by atoms with Gasteiger partial charge in [0.1, 0.15) is 0 Å². The van der Waals surface area contributed by atoms with E-state index in [-0.39, 0.29) is 17.4 Å². The molecule has 2 aromatic carbocycles. The van der Waals surface area contributed by atoms with Gasteiger partial charge >= 0.3 is 0 Å². The predicted octanol–water partition coefficient (Wildman–Crippen LogP) is 4.42. The lowest BCUT2D eigenvalue weighted by molar-refractivity contribution is -0.114. The zero-order chi connectivity index (χ0) is 20.1. The number of likely N-dealkylation sites (tertiary alicyclic amines) is 1. The fourth-order valence-electron chi connectivity index (χ4n) is 4.67. The number of ether oxygens (including phenoxy) is 1. The van der Waals surface area contributed by atoms with Gasteiger partial charge in [0.15, 0.2) is 0 Å². The van der Waals surface area contributed by atoms with Crippen molar-refractivity contribution in [1.82, 2.24) is 4.90 Å². The molecule has 0 bridgehead atoms. The normalized spacial score (nSPS) is 24.1. The molecule has 2 heterocycles. The van der Waals surface area contributed by atoms with Gasteiger partial charge in [-0.3, -0.25) is 9.69 Å². The van der Waals surface area contributed by atoms with E-state index in [9.17, 15) is 4.79 Å². The Morgan fingerprint density at radius 3 is 2.62 bits per heavy atom. The Balaban J connectivity index is 1.41. The first-order valence-corrected chi connectivity index (χ1v) is 10.5. The Hall–Kier alpha value is -2.43. The fraction of sp³-hybridized carbons (Fsp3) is 0.400. The largest absolute Gasteiger partial charge is 0.369 e. The average molecular weight is 391 g/mol. The van der Waals surface area contributed by atoms with Gasteiger partial charge in [-0.25, -0.2) is 0 Å². The van der Waals surface area contributed by atoms with E-state index < -0.39 is 0 Å². The van der Waals surface area contributed by atoms with Crippen LogP contribution in [0.2, 0.25) is 0 Å². The van der Waals surface area contributed by atoms with E-state index in [1.165, 1.54) is 24.5 Å². The molecule has 2 aliphatic rings. The van der Waals surface area contributed by atoms with Crippen molar-refractivity contribution >= 4 is 11.6 Å². The number of anilines is 1. The lowest BCUT2D eigenvalue weighted by Crippen LogP contribution is -2.38. The van der Waals surface area contributed by atoms with E-state index in [4.69, 9.17) is 4.74 Å². The average Bonchev–Trinajstić information content (AvgIpc) is 3.40. The summed E-state index contributed by atoms with van der Waals surface area (Å²) < 4.78 is 6.10. The lowest BCUT2D eigenvalue weighted by atomic mass is 9.76. The van der Waals surface area contributed by atoms with E-state index in [0.29, 0.717) is 0 Å². The minimum absolute atomic E-state index is 0.0369. The summed E-state index contributed by atoms with van der Waals surface area (Å²) in [6.07, 6.45) is 8.06. The predicted molar refractivity (Wildman–Crippen MR) is 117 cm³/mol. The van der Waals surface area contributed by atoms with Crippen molar-refractivity contribution in [3.8, 4) is 0 Å². The molecule has 1 amide bonds. The standard InChI is InChI=1S/C25H30N2O2/c1-20(28)26-23-11-9-22(10-12-23)18-27-16-15-25(19-27,24-8-5-17-29-24)14-13-21-6-3-2-4-7-21/h2-12,24H,13-19H2,1H3,(H,26,28)/t24-,25+/m1/s1. The maximum Gasteiger partial charge on any atom is 0.221 e. The van der Waals surface area contributed by atoms with Gasteiger partial charge in [0.25, 0.3) is 0 Å². The third kappa shape index (κ3) is 4.95. The van der Waals surface area contributed by atoms with Crippen molar-refractivity contribution < 1.29 is 9.53 Å². The van der Waals surface area contributed by atoms with Gasteiger partial charge in [-0.15, -0.1) is 0 Å². The number of amides is 1. The molecule has 4 rings (SSSR count). The second kappa shape index (κ2) is 8.93. The van der Waals surface area contributed by atoms with Crippen molar-refractivity contribution in [3.63, 3.8) is 0 Å². The van der Waals surface area contributed by atoms with Crippen molar-refractivity contribution in [2.75, 3.05) is 25.0 Å².